The van der Waals surface area contributed by atoms with E-state index in [1.807, 2.05) is 0 Å². The molecular weight excluding hydrogens is 288 g/mol. The summed E-state index contributed by atoms with van der Waals surface area (Å²) in [6, 6.07) is 0. The molecule has 0 bridgehead atoms. The first kappa shape index (κ1) is 19.3. The molecule has 0 heterocycles. The van der Waals surface area contributed by atoms with E-state index in [1.54, 1.807) is 0 Å². The molecule has 7 heteroatoms. The van der Waals surface area contributed by atoms with Gasteiger partial charge in [-0.3, -0.25) is 0 Å². The van der Waals surface area contributed by atoms with Crippen molar-refractivity contribution in [2.45, 2.75) is 13.8 Å². The van der Waals surface area contributed by atoms with Gasteiger partial charge in [-0.05, 0) is 25.0 Å². The second kappa shape index (κ2) is 12.7. The van der Waals surface area contributed by atoms with E-state index in [9.17, 15) is 19.8 Å². The van der Waals surface area contributed by atoms with Gasteiger partial charge in [-0.2, -0.15) is 0 Å². The number of carboxylic acids is 2. The summed E-state index contributed by atoms with van der Waals surface area (Å²) in [5.74, 6) is -2.37. The van der Waals surface area contributed by atoms with Crippen LogP contribution in [0.5, 0.6) is 0 Å². The maximum atomic E-state index is 9.49. The number of carbonyl (C=O) groups is 2. The molecule has 6 nitrogen and oxygen atoms in total. The van der Waals surface area contributed by atoms with Crippen LogP contribution in [0, 0.1) is 0 Å². The van der Waals surface area contributed by atoms with Crippen LogP contribution in [0.2, 0.25) is 0 Å². The molecule has 0 saturated heterocycles. The van der Waals surface area contributed by atoms with Crippen molar-refractivity contribution in [1.29, 1.82) is 0 Å². The third-order valence-corrected chi connectivity index (χ3v) is 0.697. The predicted molar refractivity (Wildman–Crippen MR) is 41.0 cm³/mol. The van der Waals surface area contributed by atoms with E-state index in [2.05, 4.69) is 13.2 Å². The van der Waals surface area contributed by atoms with E-state index in [0.717, 1.165) is 0 Å². The van der Waals surface area contributed by atoms with Crippen molar-refractivity contribution in [1.82, 2.24) is 0 Å². The molecule has 0 atom stereocenters. The molecule has 0 aromatic carbocycles. The van der Waals surface area contributed by atoms with Gasteiger partial charge in [-0.1, -0.05) is 13.2 Å². The van der Waals surface area contributed by atoms with Crippen molar-refractivity contribution < 1.29 is 45.1 Å². The van der Waals surface area contributed by atoms with E-state index >= 15 is 0 Å². The number of hydrogen-bond acceptors (Lipinski definition) is 6. The van der Waals surface area contributed by atoms with E-state index in [0.29, 0.717) is 0 Å². The van der Waals surface area contributed by atoms with Crippen LogP contribution in [-0.2, 0) is 34.9 Å². The summed E-state index contributed by atoms with van der Waals surface area (Å²) in [7, 11) is 0. The minimum atomic E-state index is -2.03. The van der Waals surface area contributed by atoms with Crippen molar-refractivity contribution in [2.24, 2.45) is 0 Å². The Labute approximate surface area is 95.4 Å². The third kappa shape index (κ3) is 32.4. The van der Waals surface area contributed by atoms with Gasteiger partial charge < -0.3 is 19.8 Å². The third-order valence-electron chi connectivity index (χ3n) is 0.697. The quantitative estimate of drug-likeness (QED) is 0.447. The van der Waals surface area contributed by atoms with Crippen LogP contribution in [0.15, 0.2) is 24.3 Å². The topological polar surface area (TPSA) is 114 Å². The Morgan fingerprint density at radius 3 is 1.00 bits per heavy atom. The van der Waals surface area contributed by atoms with E-state index < -0.39 is 30.4 Å². The van der Waals surface area contributed by atoms with Gasteiger partial charge in [0.2, 0.25) is 0 Å². The summed E-state index contributed by atoms with van der Waals surface area (Å²) in [4.78, 5) is 19.0. The van der Waals surface area contributed by atoms with Gasteiger partial charge in [-0.15, -0.1) is 0 Å². The normalized spacial score (nSPS) is 6.53. The molecule has 84 valence electrons. The molecule has 0 aromatic heterocycles. The fourth-order valence-electron chi connectivity index (χ4n) is 0. The molecular formula is C8H10MoO6. The Hall–Kier alpha value is -1.29. The predicted octanol–water partition coefficient (Wildman–Crippen LogP) is -1.62. The van der Waals surface area contributed by atoms with Crippen LogP contribution in [0.1, 0.15) is 13.8 Å². The first-order chi connectivity index (χ1) is 6.70. The molecule has 0 fully saturated rings. The number of carboxylic acid groups (broad SMARTS) is 2. The van der Waals surface area contributed by atoms with Crippen LogP contribution in [0.4, 0.5) is 0 Å². The first-order valence-electron chi connectivity index (χ1n) is 3.36. The zero-order chi connectivity index (χ0) is 13.0. The molecule has 0 aliphatic carbocycles. The summed E-state index contributed by atoms with van der Waals surface area (Å²) in [5.41, 5.74) is 0.130. The molecule has 0 radical (unpaired) electrons. The van der Waals surface area contributed by atoms with Crippen LogP contribution in [0.3, 0.4) is 0 Å². The van der Waals surface area contributed by atoms with Crippen LogP contribution >= 0.6 is 0 Å². The van der Waals surface area contributed by atoms with Crippen LogP contribution < -0.4 is 10.2 Å². The second-order valence-corrected chi connectivity index (χ2v) is 2.54. The van der Waals surface area contributed by atoms with Crippen molar-refractivity contribution in [2.75, 3.05) is 0 Å². The molecule has 0 saturated carbocycles. The van der Waals surface area contributed by atoms with Crippen molar-refractivity contribution in [3.05, 3.63) is 24.3 Å². The molecule has 0 rings (SSSR count). The Balaban J connectivity index is -0.000000153. The number of rotatable bonds is 2. The molecule has 0 aliphatic rings. The SMILES string of the molecule is C=C(C)C(=O)[O-].C=C(C)C(=O)[O-].[O]=[Mo+2]=[O]. The minimum absolute atomic E-state index is 0.0648. The molecule has 0 aliphatic heterocycles. The summed E-state index contributed by atoms with van der Waals surface area (Å²) in [6.45, 7) is 8.95. The zero-order valence-electron chi connectivity index (χ0n) is 8.27. The molecule has 0 amide bonds. The van der Waals surface area contributed by atoms with E-state index in [-0.39, 0.29) is 11.1 Å². The van der Waals surface area contributed by atoms with Crippen LogP contribution in [0.25, 0.3) is 0 Å². The Bertz CT molecular complexity index is 240. The monoisotopic (exact) mass is 300 g/mol. The first-order valence-corrected chi connectivity index (χ1v) is 5.00. The van der Waals surface area contributed by atoms with Crippen molar-refractivity contribution in [3.8, 4) is 0 Å². The molecule has 0 spiro atoms. The summed E-state index contributed by atoms with van der Waals surface area (Å²) >= 11 is -2.03. The molecule has 0 unspecified atom stereocenters. The fourth-order valence-corrected chi connectivity index (χ4v) is 0. The van der Waals surface area contributed by atoms with Crippen molar-refractivity contribution >= 4 is 11.9 Å². The van der Waals surface area contributed by atoms with Gasteiger partial charge in [-0.25, -0.2) is 0 Å². The van der Waals surface area contributed by atoms with Gasteiger partial charge in [0, 0.05) is 0 Å². The van der Waals surface area contributed by atoms with Gasteiger partial charge in [0.1, 0.15) is 0 Å². The molecule has 0 N–H and O–H groups in total. The van der Waals surface area contributed by atoms with Gasteiger partial charge in [0.05, 0.1) is 11.9 Å². The van der Waals surface area contributed by atoms with Crippen molar-refractivity contribution in [3.63, 3.8) is 0 Å². The number of carbonyl (C=O) groups excluding carboxylic acids is 2. The van der Waals surface area contributed by atoms with Crippen LogP contribution in [-0.4, -0.2) is 11.9 Å². The summed E-state index contributed by atoms with van der Waals surface area (Å²) in [5, 5.41) is 19.0. The van der Waals surface area contributed by atoms with E-state index in [4.69, 9.17) is 6.80 Å². The average Bonchev–Trinajstić information content (AvgIpc) is 2.06. The fraction of sp³-hybridized carbons (Fsp3) is 0.250. The number of hydrogen-bond donors (Lipinski definition) is 0. The summed E-state index contributed by atoms with van der Waals surface area (Å²) < 4.78 is 17.0. The number of aliphatic carboxylic acids is 2. The average molecular weight is 298 g/mol. The van der Waals surface area contributed by atoms with Gasteiger partial charge in [0.15, 0.2) is 0 Å². The van der Waals surface area contributed by atoms with Gasteiger partial charge in [0.25, 0.3) is 0 Å². The molecule has 15 heavy (non-hydrogen) atoms. The molecule has 0 aromatic rings. The standard InChI is InChI=1S/2C4H6O2.Mo.2O/c2*1-3(2)4(5)6;;;/h2*1H2,2H3,(H,5,6);;;/q;;+2;;/p-2. The zero-order valence-corrected chi connectivity index (χ0v) is 10.3. The maximum absolute atomic E-state index is 9.49. The van der Waals surface area contributed by atoms with E-state index in [1.165, 1.54) is 13.8 Å². The van der Waals surface area contributed by atoms with Gasteiger partial charge >= 0.3 is 25.3 Å². The Morgan fingerprint density at radius 1 is 0.933 bits per heavy atom. The second-order valence-electron chi connectivity index (χ2n) is 2.20. The summed E-state index contributed by atoms with van der Waals surface area (Å²) in [6.07, 6.45) is 0. The Morgan fingerprint density at radius 2 is 1.00 bits per heavy atom. The Kier molecular flexibility index (Phi) is 16.4.